The molecule has 7 heteroatoms. The number of hydrogen-bond acceptors (Lipinski definition) is 6. The van der Waals surface area contributed by atoms with Gasteiger partial charge in [0.1, 0.15) is 0 Å². The summed E-state index contributed by atoms with van der Waals surface area (Å²) < 4.78 is 4.27. The van der Waals surface area contributed by atoms with Crippen LogP contribution in [0.2, 0.25) is 0 Å². The third-order valence-electron chi connectivity index (χ3n) is 1.14. The van der Waals surface area contributed by atoms with Gasteiger partial charge in [-0.05, 0) is 0 Å². The number of hydrogen-bond donors (Lipinski definition) is 1. The molecule has 1 aliphatic rings. The summed E-state index contributed by atoms with van der Waals surface area (Å²) in [5.74, 6) is -2.29. The number of carbonyl (C=O) groups excluding carboxylic acids is 2. The van der Waals surface area contributed by atoms with Gasteiger partial charge in [-0.25, -0.2) is 4.79 Å². The maximum Gasteiger partial charge on any atom is 0.543 e. The van der Waals surface area contributed by atoms with Gasteiger partial charge in [-0.1, -0.05) is 0 Å². The molecule has 1 rings (SSSR count). The summed E-state index contributed by atoms with van der Waals surface area (Å²) in [4.78, 5) is 28.8. The lowest BCUT2D eigenvalue weighted by Crippen LogP contribution is -2.33. The van der Waals surface area contributed by atoms with E-state index in [-0.39, 0.29) is 0 Å². The SMILES string of the molecule is N#CC(C(N)=O)C1OOC(=O)O1. The quantitative estimate of drug-likeness (QED) is 0.423. The molecule has 64 valence electrons. The average molecular weight is 172 g/mol. The molecule has 1 amide bonds. The number of nitrogens with two attached hydrogens (primary N) is 1. The second-order valence-electron chi connectivity index (χ2n) is 1.92. The van der Waals surface area contributed by atoms with Crippen molar-refractivity contribution in [3.63, 3.8) is 0 Å². The topological polar surface area (TPSA) is 112 Å². The Morgan fingerprint density at radius 2 is 2.42 bits per heavy atom. The van der Waals surface area contributed by atoms with E-state index in [4.69, 9.17) is 11.0 Å². The molecule has 2 unspecified atom stereocenters. The summed E-state index contributed by atoms with van der Waals surface area (Å²) in [6.07, 6.45) is -2.46. The van der Waals surface area contributed by atoms with Crippen LogP contribution in [0.5, 0.6) is 0 Å². The first-order chi connectivity index (χ1) is 5.65. The molecule has 7 nitrogen and oxygen atoms in total. The molecule has 0 bridgehead atoms. The third kappa shape index (κ3) is 1.43. The minimum atomic E-state index is -1.36. The van der Waals surface area contributed by atoms with Gasteiger partial charge in [0.25, 0.3) is 6.29 Å². The third-order valence-corrected chi connectivity index (χ3v) is 1.14. The first kappa shape index (κ1) is 8.29. The van der Waals surface area contributed by atoms with Gasteiger partial charge in [-0.2, -0.15) is 5.26 Å². The fourth-order valence-corrected chi connectivity index (χ4v) is 0.603. The van der Waals surface area contributed by atoms with Crippen LogP contribution in [0.3, 0.4) is 0 Å². The highest BCUT2D eigenvalue weighted by Crippen LogP contribution is 2.16. The van der Waals surface area contributed by atoms with Crippen LogP contribution in [0.1, 0.15) is 0 Å². The lowest BCUT2D eigenvalue weighted by Gasteiger charge is -2.06. The van der Waals surface area contributed by atoms with Gasteiger partial charge in [-0.15, -0.1) is 4.89 Å². The minimum absolute atomic E-state index is 0.944. The largest absolute Gasteiger partial charge is 0.543 e. The average Bonchev–Trinajstić information content (AvgIpc) is 2.37. The van der Waals surface area contributed by atoms with E-state index in [1.54, 1.807) is 0 Å². The van der Waals surface area contributed by atoms with Crippen molar-refractivity contribution < 1.29 is 24.1 Å². The molecule has 0 radical (unpaired) electrons. The van der Waals surface area contributed by atoms with Gasteiger partial charge < -0.3 is 10.5 Å². The molecule has 1 heterocycles. The highest BCUT2D eigenvalue weighted by molar-refractivity contribution is 5.80. The number of nitriles is 1. The molecule has 0 aromatic rings. The second kappa shape index (κ2) is 3.06. The summed E-state index contributed by atoms with van der Waals surface area (Å²) in [5, 5.41) is 8.37. The molecular weight excluding hydrogens is 168 g/mol. The standard InChI is InChI=1S/C5H4N2O5/c6-1-2(3(7)8)4-10-5(9)12-11-4/h2,4H,(H2,7,8). The maximum absolute atomic E-state index is 10.5. The molecule has 12 heavy (non-hydrogen) atoms. The summed E-state index contributed by atoms with van der Waals surface area (Å²) in [6, 6.07) is 1.51. The number of cyclic esters (lactones) is 1. The summed E-state index contributed by atoms with van der Waals surface area (Å²) in [5.41, 5.74) is 4.78. The zero-order valence-corrected chi connectivity index (χ0v) is 5.72. The predicted molar refractivity (Wildman–Crippen MR) is 30.7 cm³/mol. The predicted octanol–water partition coefficient (Wildman–Crippen LogP) is -0.964. The highest BCUT2D eigenvalue weighted by Gasteiger charge is 2.38. The van der Waals surface area contributed by atoms with Crippen molar-refractivity contribution in [2.45, 2.75) is 6.29 Å². The minimum Gasteiger partial charge on any atom is -0.396 e. The number of primary amides is 1. The maximum atomic E-state index is 10.5. The van der Waals surface area contributed by atoms with Crippen molar-refractivity contribution >= 4 is 12.1 Å². The summed E-state index contributed by atoms with van der Waals surface area (Å²) >= 11 is 0. The van der Waals surface area contributed by atoms with E-state index in [9.17, 15) is 9.59 Å². The summed E-state index contributed by atoms with van der Waals surface area (Å²) in [7, 11) is 0. The molecule has 0 aromatic heterocycles. The molecule has 0 saturated carbocycles. The first-order valence-electron chi connectivity index (χ1n) is 2.88. The van der Waals surface area contributed by atoms with Crippen LogP contribution in [0.4, 0.5) is 4.79 Å². The smallest absolute Gasteiger partial charge is 0.396 e. The molecule has 0 aromatic carbocycles. The van der Waals surface area contributed by atoms with Gasteiger partial charge in [0, 0.05) is 0 Å². The first-order valence-corrected chi connectivity index (χ1v) is 2.88. The number of ether oxygens (including phenoxy) is 1. The monoisotopic (exact) mass is 172 g/mol. The van der Waals surface area contributed by atoms with Crippen molar-refractivity contribution in [3.8, 4) is 6.07 Å². The van der Waals surface area contributed by atoms with Crippen LogP contribution >= 0.6 is 0 Å². The van der Waals surface area contributed by atoms with Gasteiger partial charge in [0.15, 0.2) is 5.92 Å². The zero-order chi connectivity index (χ0) is 9.14. The van der Waals surface area contributed by atoms with Crippen molar-refractivity contribution in [3.05, 3.63) is 0 Å². The lowest BCUT2D eigenvalue weighted by atomic mass is 10.1. The fraction of sp³-hybridized carbons (Fsp3) is 0.400. The number of rotatable bonds is 2. The van der Waals surface area contributed by atoms with E-state index in [1.807, 2.05) is 0 Å². The number of nitrogens with zero attached hydrogens (tertiary/aromatic N) is 1. The zero-order valence-electron chi connectivity index (χ0n) is 5.72. The van der Waals surface area contributed by atoms with E-state index in [1.165, 1.54) is 6.07 Å². The van der Waals surface area contributed by atoms with Gasteiger partial charge in [0.2, 0.25) is 5.91 Å². The highest BCUT2D eigenvalue weighted by atomic mass is 17.3. The van der Waals surface area contributed by atoms with Crippen LogP contribution in [0.15, 0.2) is 0 Å². The molecule has 2 atom stereocenters. The Bertz CT molecular complexity index is 257. The van der Waals surface area contributed by atoms with E-state index in [0.29, 0.717) is 0 Å². The van der Waals surface area contributed by atoms with Crippen molar-refractivity contribution in [2.24, 2.45) is 11.7 Å². The normalized spacial score (nSPS) is 23.6. The van der Waals surface area contributed by atoms with Crippen molar-refractivity contribution in [1.82, 2.24) is 0 Å². The van der Waals surface area contributed by atoms with Gasteiger partial charge >= 0.3 is 6.16 Å². The van der Waals surface area contributed by atoms with E-state index >= 15 is 0 Å². The van der Waals surface area contributed by atoms with Gasteiger partial charge in [0.05, 0.1) is 6.07 Å². The molecule has 2 N–H and O–H groups in total. The Hall–Kier alpha value is -1.81. The second-order valence-corrected chi connectivity index (χ2v) is 1.92. The molecular formula is C5H4N2O5. The lowest BCUT2D eigenvalue weighted by molar-refractivity contribution is -0.260. The van der Waals surface area contributed by atoms with Crippen LogP contribution < -0.4 is 5.73 Å². The Labute approximate surface area is 66.5 Å². The van der Waals surface area contributed by atoms with E-state index in [0.717, 1.165) is 0 Å². The Morgan fingerprint density at radius 3 is 2.75 bits per heavy atom. The Kier molecular flexibility index (Phi) is 2.11. The molecule has 1 saturated heterocycles. The van der Waals surface area contributed by atoms with Crippen LogP contribution in [0, 0.1) is 17.2 Å². The summed E-state index contributed by atoms with van der Waals surface area (Å²) in [6.45, 7) is 0. The number of carbonyl (C=O) groups is 2. The Balaban J connectivity index is 2.63. The van der Waals surface area contributed by atoms with E-state index in [2.05, 4.69) is 14.5 Å². The van der Waals surface area contributed by atoms with Crippen LogP contribution in [-0.4, -0.2) is 18.4 Å². The Morgan fingerprint density at radius 1 is 1.75 bits per heavy atom. The number of amides is 1. The van der Waals surface area contributed by atoms with Crippen LogP contribution in [0.25, 0.3) is 0 Å². The molecule has 1 aliphatic heterocycles. The van der Waals surface area contributed by atoms with Crippen LogP contribution in [-0.2, 0) is 19.3 Å². The molecule has 0 aliphatic carbocycles. The molecule has 0 spiro atoms. The van der Waals surface area contributed by atoms with Crippen molar-refractivity contribution in [1.29, 1.82) is 5.26 Å². The van der Waals surface area contributed by atoms with Crippen molar-refractivity contribution in [2.75, 3.05) is 0 Å². The molecule has 1 fully saturated rings. The van der Waals surface area contributed by atoms with E-state index < -0.39 is 24.3 Å². The van der Waals surface area contributed by atoms with Gasteiger partial charge in [-0.3, -0.25) is 9.68 Å². The fourth-order valence-electron chi connectivity index (χ4n) is 0.603.